The number of nitrogens with zero attached hydrogens (tertiary/aromatic N) is 4. The molecule has 0 aliphatic rings. The summed E-state index contributed by atoms with van der Waals surface area (Å²) in [5, 5.41) is 10.7. The van der Waals surface area contributed by atoms with E-state index in [1.807, 2.05) is 36.4 Å². The second-order valence-electron chi connectivity index (χ2n) is 7.34. The normalized spacial score (nSPS) is 11.2. The molecular weight excluding hydrogens is 354 g/mol. The van der Waals surface area contributed by atoms with Gasteiger partial charge in [-0.1, -0.05) is 64.1 Å². The Morgan fingerprint density at radius 1 is 0.929 bits per heavy atom. The molecule has 1 aromatic heterocycles. The molecule has 0 radical (unpaired) electrons. The van der Waals surface area contributed by atoms with Crippen LogP contribution in [-0.4, -0.2) is 25.7 Å². The molecular formula is C21H25N5O2. The fraction of sp³-hybridized carbons (Fsp3) is 0.333. The molecule has 1 N–H and O–H groups in total. The zero-order valence-electron chi connectivity index (χ0n) is 16.6. The molecule has 0 aliphatic carbocycles. The third-order valence-electron chi connectivity index (χ3n) is 4.57. The van der Waals surface area contributed by atoms with Crippen molar-refractivity contribution < 1.29 is 4.79 Å². The average Bonchev–Trinajstić information content (AvgIpc) is 3.02. The summed E-state index contributed by atoms with van der Waals surface area (Å²) in [6, 6.07) is 15.0. The van der Waals surface area contributed by atoms with Crippen LogP contribution in [-0.2, 0) is 11.3 Å². The van der Waals surface area contributed by atoms with Crippen molar-refractivity contribution in [3.8, 4) is 5.69 Å². The highest BCUT2D eigenvalue weighted by Gasteiger charge is 2.18. The van der Waals surface area contributed by atoms with Crippen molar-refractivity contribution in [1.29, 1.82) is 0 Å². The van der Waals surface area contributed by atoms with Crippen LogP contribution < -0.4 is 11.0 Å². The summed E-state index contributed by atoms with van der Waals surface area (Å²) in [5.41, 5.74) is 3.11. The van der Waals surface area contributed by atoms with E-state index in [0.717, 1.165) is 21.5 Å². The van der Waals surface area contributed by atoms with E-state index in [1.165, 1.54) is 4.68 Å². The summed E-state index contributed by atoms with van der Waals surface area (Å²) in [4.78, 5) is 25.2. The first-order chi connectivity index (χ1) is 13.4. The third kappa shape index (κ3) is 4.03. The Labute approximate surface area is 164 Å². The number of tetrazole rings is 1. The van der Waals surface area contributed by atoms with E-state index in [0.29, 0.717) is 5.69 Å². The lowest BCUT2D eigenvalue weighted by atomic mass is 9.92. The van der Waals surface area contributed by atoms with Crippen LogP contribution in [0.4, 0.5) is 5.69 Å². The molecule has 0 bridgehead atoms. The van der Waals surface area contributed by atoms with Gasteiger partial charge in [0.05, 0.1) is 5.69 Å². The highest BCUT2D eigenvalue weighted by atomic mass is 16.2. The second kappa shape index (κ2) is 8.21. The third-order valence-corrected chi connectivity index (χ3v) is 4.57. The predicted octanol–water partition coefficient (Wildman–Crippen LogP) is 3.31. The first-order valence-corrected chi connectivity index (χ1v) is 9.39. The Kier molecular flexibility index (Phi) is 5.73. The lowest BCUT2D eigenvalue weighted by molar-refractivity contribution is -0.117. The number of rotatable bonds is 6. The highest BCUT2D eigenvalue weighted by Crippen LogP contribution is 2.32. The predicted molar refractivity (Wildman–Crippen MR) is 109 cm³/mol. The summed E-state index contributed by atoms with van der Waals surface area (Å²) < 4.78 is 2.24. The molecule has 7 nitrogen and oxygen atoms in total. The molecule has 0 atom stereocenters. The topological polar surface area (TPSA) is 81.8 Å². The minimum atomic E-state index is -0.456. The zero-order valence-corrected chi connectivity index (χ0v) is 16.6. The molecule has 0 saturated heterocycles. The van der Waals surface area contributed by atoms with Crippen LogP contribution in [0.15, 0.2) is 53.3 Å². The number of hydrogen-bond donors (Lipinski definition) is 1. The van der Waals surface area contributed by atoms with Gasteiger partial charge in [-0.15, -0.1) is 0 Å². The van der Waals surface area contributed by atoms with Crippen LogP contribution in [0.5, 0.6) is 0 Å². The van der Waals surface area contributed by atoms with E-state index >= 15 is 0 Å². The molecule has 0 aliphatic heterocycles. The molecule has 3 rings (SSSR count). The summed E-state index contributed by atoms with van der Waals surface area (Å²) in [5.74, 6) is 0.212. The van der Waals surface area contributed by atoms with Gasteiger partial charge in [-0.3, -0.25) is 4.79 Å². The molecule has 2 aromatic carbocycles. The first kappa shape index (κ1) is 19.5. The summed E-state index contributed by atoms with van der Waals surface area (Å²) in [6.45, 7) is 8.15. The number of para-hydroxylation sites is 2. The van der Waals surface area contributed by atoms with Gasteiger partial charge < -0.3 is 5.32 Å². The maximum atomic E-state index is 12.7. The van der Waals surface area contributed by atoms with Gasteiger partial charge in [-0.25, -0.2) is 4.79 Å². The van der Waals surface area contributed by atoms with E-state index in [2.05, 4.69) is 43.4 Å². The van der Waals surface area contributed by atoms with Crippen molar-refractivity contribution in [3.05, 3.63) is 70.1 Å². The molecule has 0 saturated carbocycles. The lowest BCUT2D eigenvalue weighted by Crippen LogP contribution is -2.30. The summed E-state index contributed by atoms with van der Waals surface area (Å²) in [6.07, 6.45) is 0. The van der Waals surface area contributed by atoms with Gasteiger partial charge >= 0.3 is 5.69 Å². The summed E-state index contributed by atoms with van der Waals surface area (Å²) >= 11 is 0. The Balaban J connectivity index is 1.85. The van der Waals surface area contributed by atoms with E-state index in [1.54, 1.807) is 12.1 Å². The highest BCUT2D eigenvalue weighted by molar-refractivity contribution is 5.92. The van der Waals surface area contributed by atoms with Gasteiger partial charge in [0.2, 0.25) is 5.91 Å². The molecule has 146 valence electrons. The van der Waals surface area contributed by atoms with Crippen molar-refractivity contribution in [1.82, 2.24) is 19.8 Å². The van der Waals surface area contributed by atoms with Crippen LogP contribution in [0, 0.1) is 0 Å². The maximum Gasteiger partial charge on any atom is 0.368 e. The smallest absolute Gasteiger partial charge is 0.324 e. The minimum Gasteiger partial charge on any atom is -0.324 e. The number of carbonyl (C=O) groups is 1. The van der Waals surface area contributed by atoms with Gasteiger partial charge in [0.25, 0.3) is 0 Å². The quantitative estimate of drug-likeness (QED) is 0.712. The van der Waals surface area contributed by atoms with Crippen LogP contribution >= 0.6 is 0 Å². The van der Waals surface area contributed by atoms with Crippen LogP contribution in [0.1, 0.15) is 50.7 Å². The van der Waals surface area contributed by atoms with E-state index in [-0.39, 0.29) is 24.3 Å². The Morgan fingerprint density at radius 2 is 1.54 bits per heavy atom. The SMILES string of the molecule is CC(C)c1cccc(C(C)C)c1NC(=O)Cn1nnn(-c2ccccc2)c1=O. The fourth-order valence-corrected chi connectivity index (χ4v) is 3.12. The molecule has 1 amide bonds. The fourth-order valence-electron chi connectivity index (χ4n) is 3.12. The molecule has 0 spiro atoms. The maximum absolute atomic E-state index is 12.7. The minimum absolute atomic E-state index is 0.199. The Morgan fingerprint density at radius 3 is 2.11 bits per heavy atom. The summed E-state index contributed by atoms with van der Waals surface area (Å²) in [7, 11) is 0. The van der Waals surface area contributed by atoms with Gasteiger partial charge in [0.1, 0.15) is 6.54 Å². The molecule has 0 fully saturated rings. The largest absolute Gasteiger partial charge is 0.368 e. The van der Waals surface area contributed by atoms with Gasteiger partial charge in [-0.05, 0) is 45.5 Å². The van der Waals surface area contributed by atoms with E-state index < -0.39 is 5.69 Å². The first-order valence-electron chi connectivity index (χ1n) is 9.39. The standard InChI is InChI=1S/C21H25N5O2/c1-14(2)17-11-8-12-18(15(3)4)20(17)22-19(27)13-25-21(28)26(24-23-25)16-9-6-5-7-10-16/h5-12,14-15H,13H2,1-4H3,(H,22,27). The van der Waals surface area contributed by atoms with Crippen molar-refractivity contribution in [2.75, 3.05) is 5.32 Å². The van der Waals surface area contributed by atoms with Crippen molar-refractivity contribution in [3.63, 3.8) is 0 Å². The number of benzene rings is 2. The number of carbonyl (C=O) groups excluding carboxylic acids is 1. The number of aromatic nitrogens is 4. The molecule has 28 heavy (non-hydrogen) atoms. The van der Waals surface area contributed by atoms with E-state index in [4.69, 9.17) is 0 Å². The molecule has 7 heteroatoms. The lowest BCUT2D eigenvalue weighted by Gasteiger charge is -2.20. The van der Waals surface area contributed by atoms with Crippen LogP contribution in [0.2, 0.25) is 0 Å². The van der Waals surface area contributed by atoms with Crippen LogP contribution in [0.3, 0.4) is 0 Å². The van der Waals surface area contributed by atoms with Crippen LogP contribution in [0.25, 0.3) is 5.69 Å². The molecule has 1 heterocycles. The number of amides is 1. The number of nitrogens with one attached hydrogen (secondary N) is 1. The van der Waals surface area contributed by atoms with Crippen molar-refractivity contribution >= 4 is 11.6 Å². The Hall–Kier alpha value is -3.22. The average molecular weight is 379 g/mol. The van der Waals surface area contributed by atoms with E-state index in [9.17, 15) is 9.59 Å². The number of anilines is 1. The van der Waals surface area contributed by atoms with Crippen molar-refractivity contribution in [2.24, 2.45) is 0 Å². The molecule has 3 aromatic rings. The van der Waals surface area contributed by atoms with Gasteiger partial charge in [0, 0.05) is 5.69 Å². The van der Waals surface area contributed by atoms with Gasteiger partial charge in [-0.2, -0.15) is 9.36 Å². The van der Waals surface area contributed by atoms with Gasteiger partial charge in [0.15, 0.2) is 0 Å². The monoisotopic (exact) mass is 379 g/mol. The zero-order chi connectivity index (χ0) is 20.3. The molecule has 0 unspecified atom stereocenters. The second-order valence-corrected chi connectivity index (χ2v) is 7.34. The van der Waals surface area contributed by atoms with Crippen molar-refractivity contribution in [2.45, 2.75) is 46.1 Å². The Bertz CT molecular complexity index is 993. The number of hydrogen-bond acceptors (Lipinski definition) is 4.